The highest BCUT2D eigenvalue weighted by Crippen LogP contribution is 2.21. The largest absolute Gasteiger partial charge is 0.321 e. The third-order valence-electron chi connectivity index (χ3n) is 2.66. The van der Waals surface area contributed by atoms with Crippen LogP contribution in [0, 0.1) is 24.6 Å². The molecule has 3 nitrogen and oxygen atoms in total. The van der Waals surface area contributed by atoms with Crippen molar-refractivity contribution in [2.45, 2.75) is 6.92 Å². The second kappa shape index (κ2) is 6.33. The van der Waals surface area contributed by atoms with Crippen LogP contribution in [-0.2, 0) is 0 Å². The van der Waals surface area contributed by atoms with Gasteiger partial charge in [-0.25, -0.2) is 4.39 Å². The summed E-state index contributed by atoms with van der Waals surface area (Å²) >= 11 is 1.28. The fourth-order valence-electron chi connectivity index (χ4n) is 1.59. The number of carbonyl (C=O) groups excluding carboxylic acids is 1. The number of thiophene rings is 1. The lowest BCUT2D eigenvalue weighted by molar-refractivity contribution is 0.103. The Hall–Kier alpha value is -2.16. The van der Waals surface area contributed by atoms with E-state index in [4.69, 9.17) is 5.73 Å². The van der Waals surface area contributed by atoms with Crippen molar-refractivity contribution in [3.8, 4) is 11.8 Å². The SMILES string of the molecule is Cc1c(F)cccc1NC(=O)c1ccc(C#CCN)s1. The predicted molar refractivity (Wildman–Crippen MR) is 79.3 cm³/mol. The summed E-state index contributed by atoms with van der Waals surface area (Å²) in [4.78, 5) is 13.4. The Morgan fingerprint density at radius 1 is 1.40 bits per heavy atom. The average molecular weight is 288 g/mol. The molecule has 0 saturated heterocycles. The van der Waals surface area contributed by atoms with Crippen molar-refractivity contribution in [1.29, 1.82) is 0 Å². The first kappa shape index (κ1) is 14.3. The van der Waals surface area contributed by atoms with Crippen molar-refractivity contribution in [1.82, 2.24) is 0 Å². The topological polar surface area (TPSA) is 55.1 Å². The number of nitrogens with two attached hydrogens (primary N) is 1. The summed E-state index contributed by atoms with van der Waals surface area (Å²) < 4.78 is 13.4. The first-order valence-corrected chi connectivity index (χ1v) is 6.78. The number of nitrogens with one attached hydrogen (secondary N) is 1. The van der Waals surface area contributed by atoms with Gasteiger partial charge in [0.1, 0.15) is 5.82 Å². The van der Waals surface area contributed by atoms with Crippen molar-refractivity contribution in [3.63, 3.8) is 0 Å². The van der Waals surface area contributed by atoms with Crippen LogP contribution in [0.3, 0.4) is 0 Å². The smallest absolute Gasteiger partial charge is 0.265 e. The molecule has 1 aromatic heterocycles. The van der Waals surface area contributed by atoms with Gasteiger partial charge < -0.3 is 11.1 Å². The Balaban J connectivity index is 2.16. The molecule has 5 heteroatoms. The van der Waals surface area contributed by atoms with Gasteiger partial charge in [-0.05, 0) is 31.2 Å². The fourth-order valence-corrected chi connectivity index (χ4v) is 2.37. The van der Waals surface area contributed by atoms with Crippen molar-refractivity contribution < 1.29 is 9.18 Å². The van der Waals surface area contributed by atoms with Gasteiger partial charge in [-0.3, -0.25) is 4.79 Å². The first-order chi connectivity index (χ1) is 9.61. The number of hydrogen-bond donors (Lipinski definition) is 2. The molecule has 0 unspecified atom stereocenters. The van der Waals surface area contributed by atoms with Crippen LogP contribution in [0.2, 0.25) is 0 Å². The molecule has 1 heterocycles. The molecule has 0 spiro atoms. The van der Waals surface area contributed by atoms with E-state index >= 15 is 0 Å². The number of anilines is 1. The fraction of sp³-hybridized carbons (Fsp3) is 0.133. The highest BCUT2D eigenvalue weighted by molar-refractivity contribution is 7.14. The standard InChI is InChI=1S/C15H13FN2OS/c1-10-12(16)5-2-6-13(10)18-15(19)14-8-7-11(20-14)4-3-9-17/h2,5-8H,9,17H2,1H3,(H,18,19). The van der Waals surface area contributed by atoms with E-state index in [1.807, 2.05) is 0 Å². The molecule has 3 N–H and O–H groups in total. The third kappa shape index (κ3) is 3.23. The lowest BCUT2D eigenvalue weighted by atomic mass is 10.2. The molecule has 20 heavy (non-hydrogen) atoms. The first-order valence-electron chi connectivity index (χ1n) is 5.97. The van der Waals surface area contributed by atoms with Gasteiger partial charge in [-0.2, -0.15) is 0 Å². The van der Waals surface area contributed by atoms with Crippen LogP contribution in [-0.4, -0.2) is 12.5 Å². The molecule has 0 aliphatic heterocycles. The minimum absolute atomic E-state index is 0.274. The second-order valence-corrected chi connectivity index (χ2v) is 5.12. The summed E-state index contributed by atoms with van der Waals surface area (Å²) in [7, 11) is 0. The highest BCUT2D eigenvalue weighted by Gasteiger charge is 2.11. The Bertz CT molecular complexity index is 697. The molecule has 1 aromatic carbocycles. The van der Waals surface area contributed by atoms with Crippen LogP contribution in [0.5, 0.6) is 0 Å². The van der Waals surface area contributed by atoms with Gasteiger partial charge in [0.25, 0.3) is 5.91 Å². The van der Waals surface area contributed by atoms with Crippen LogP contribution in [0.25, 0.3) is 0 Å². The van der Waals surface area contributed by atoms with Crippen LogP contribution in [0.4, 0.5) is 10.1 Å². The Labute approximate surface area is 120 Å². The van der Waals surface area contributed by atoms with Crippen molar-refractivity contribution in [3.05, 3.63) is 51.5 Å². The highest BCUT2D eigenvalue weighted by atomic mass is 32.1. The van der Waals surface area contributed by atoms with E-state index in [1.54, 1.807) is 31.2 Å². The monoisotopic (exact) mass is 288 g/mol. The molecule has 0 saturated carbocycles. The quantitative estimate of drug-likeness (QED) is 0.835. The van der Waals surface area contributed by atoms with Crippen molar-refractivity contribution in [2.75, 3.05) is 11.9 Å². The predicted octanol–water partition coefficient (Wildman–Crippen LogP) is 2.76. The summed E-state index contributed by atoms with van der Waals surface area (Å²) in [6, 6.07) is 8.04. The third-order valence-corrected chi connectivity index (χ3v) is 3.66. The molecule has 0 fully saturated rings. The van der Waals surface area contributed by atoms with Gasteiger partial charge in [0.15, 0.2) is 0 Å². The zero-order chi connectivity index (χ0) is 14.5. The van der Waals surface area contributed by atoms with Crippen molar-refractivity contribution >= 4 is 22.9 Å². The molecular weight excluding hydrogens is 275 g/mol. The Kier molecular flexibility index (Phi) is 4.51. The molecule has 0 aliphatic carbocycles. The Morgan fingerprint density at radius 2 is 2.20 bits per heavy atom. The lowest BCUT2D eigenvalue weighted by Crippen LogP contribution is -2.11. The summed E-state index contributed by atoms with van der Waals surface area (Å²) in [5.74, 6) is 4.98. The molecular formula is C15H13FN2OS. The Morgan fingerprint density at radius 3 is 2.95 bits per heavy atom. The maximum Gasteiger partial charge on any atom is 0.265 e. The average Bonchev–Trinajstić information content (AvgIpc) is 2.90. The van der Waals surface area contributed by atoms with Gasteiger partial charge in [0.2, 0.25) is 0 Å². The maximum atomic E-state index is 13.4. The van der Waals surface area contributed by atoms with Gasteiger partial charge in [-0.15, -0.1) is 11.3 Å². The van der Waals surface area contributed by atoms with Gasteiger partial charge in [-0.1, -0.05) is 17.9 Å². The molecule has 0 radical (unpaired) electrons. The van der Waals surface area contributed by atoms with E-state index in [1.165, 1.54) is 17.4 Å². The van der Waals surface area contributed by atoms with Crippen LogP contribution >= 0.6 is 11.3 Å². The van der Waals surface area contributed by atoms with Gasteiger partial charge >= 0.3 is 0 Å². The van der Waals surface area contributed by atoms with Crippen LogP contribution in [0.1, 0.15) is 20.1 Å². The second-order valence-electron chi connectivity index (χ2n) is 4.04. The van der Waals surface area contributed by atoms with Crippen molar-refractivity contribution in [2.24, 2.45) is 5.73 Å². The summed E-state index contributed by atoms with van der Waals surface area (Å²) in [5.41, 5.74) is 6.18. The molecule has 0 atom stereocenters. The number of rotatable bonds is 2. The number of hydrogen-bond acceptors (Lipinski definition) is 3. The zero-order valence-electron chi connectivity index (χ0n) is 10.9. The molecule has 102 valence electrons. The lowest BCUT2D eigenvalue weighted by Gasteiger charge is -2.07. The maximum absolute atomic E-state index is 13.4. The van der Waals surface area contributed by atoms with Crippen LogP contribution in [0.15, 0.2) is 30.3 Å². The molecule has 2 aromatic rings. The van der Waals surface area contributed by atoms with Gasteiger partial charge in [0, 0.05) is 11.3 Å². The molecule has 0 aliphatic rings. The molecule has 0 bridgehead atoms. The summed E-state index contributed by atoms with van der Waals surface area (Å²) in [5, 5.41) is 2.70. The van der Waals surface area contributed by atoms with E-state index in [-0.39, 0.29) is 18.3 Å². The minimum atomic E-state index is -0.344. The van der Waals surface area contributed by atoms with Crippen LogP contribution < -0.4 is 11.1 Å². The minimum Gasteiger partial charge on any atom is -0.321 e. The number of halogens is 1. The zero-order valence-corrected chi connectivity index (χ0v) is 11.7. The molecule has 1 amide bonds. The summed E-state index contributed by atoms with van der Waals surface area (Å²) in [6.07, 6.45) is 0. The van der Waals surface area contributed by atoms with Gasteiger partial charge in [0.05, 0.1) is 16.3 Å². The number of benzene rings is 1. The number of amides is 1. The molecule has 2 rings (SSSR count). The van der Waals surface area contributed by atoms with E-state index in [0.717, 1.165) is 4.88 Å². The van der Waals surface area contributed by atoms with E-state index in [2.05, 4.69) is 17.2 Å². The van der Waals surface area contributed by atoms with E-state index < -0.39 is 0 Å². The summed E-state index contributed by atoms with van der Waals surface area (Å²) in [6.45, 7) is 1.90. The number of carbonyl (C=O) groups is 1. The van der Waals surface area contributed by atoms with E-state index in [9.17, 15) is 9.18 Å². The van der Waals surface area contributed by atoms with E-state index in [0.29, 0.717) is 16.1 Å². The normalized spacial score (nSPS) is 9.75.